The van der Waals surface area contributed by atoms with Crippen LogP contribution in [0.4, 0.5) is 0 Å². The van der Waals surface area contributed by atoms with Crippen molar-refractivity contribution in [3.63, 3.8) is 0 Å². The summed E-state index contributed by atoms with van der Waals surface area (Å²) >= 11 is 0. The zero-order valence-electron chi connectivity index (χ0n) is 11.1. The van der Waals surface area contributed by atoms with Crippen LogP contribution in [0.25, 0.3) is 0 Å². The number of nitrogens with two attached hydrogens (primary N) is 1. The molecule has 1 atom stereocenters. The molecule has 0 saturated carbocycles. The Morgan fingerprint density at radius 2 is 2.05 bits per heavy atom. The quantitative estimate of drug-likeness (QED) is 0.626. The predicted octanol–water partition coefficient (Wildman–Crippen LogP) is -0.902. The average Bonchev–Trinajstić information content (AvgIpc) is 2.24. The minimum atomic E-state index is -4.62. The third-order valence-electron chi connectivity index (χ3n) is 2.45. The number of amidine groups is 1. The molecule has 9 nitrogen and oxygen atoms in total. The van der Waals surface area contributed by atoms with E-state index in [9.17, 15) is 8.42 Å². The molecular formula is C9H20N4O5S. The molecule has 10 heteroatoms. The van der Waals surface area contributed by atoms with Gasteiger partial charge in [0.05, 0.1) is 0 Å². The van der Waals surface area contributed by atoms with Crippen LogP contribution in [-0.4, -0.2) is 53.5 Å². The number of hydrogen-bond donors (Lipinski definition) is 2. The Morgan fingerprint density at radius 3 is 2.42 bits per heavy atom. The van der Waals surface area contributed by atoms with Crippen molar-refractivity contribution in [3.8, 4) is 0 Å². The minimum Gasteiger partial charge on any atom is -0.412 e. The van der Waals surface area contributed by atoms with Gasteiger partial charge in [0.1, 0.15) is 17.8 Å². The summed E-state index contributed by atoms with van der Waals surface area (Å²) in [5, 5.41) is 0.836. The van der Waals surface area contributed by atoms with E-state index in [1.807, 2.05) is 18.7 Å². The first-order chi connectivity index (χ1) is 8.28. The van der Waals surface area contributed by atoms with Gasteiger partial charge in [0, 0.05) is 13.1 Å². The van der Waals surface area contributed by atoms with Crippen LogP contribution in [-0.2, 0) is 14.7 Å². The van der Waals surface area contributed by atoms with Crippen LogP contribution in [0.3, 0.4) is 0 Å². The second-order valence-corrected chi connectivity index (χ2v) is 4.68. The molecule has 1 unspecified atom stereocenters. The molecule has 19 heavy (non-hydrogen) atoms. The van der Waals surface area contributed by atoms with Crippen LogP contribution in [0.5, 0.6) is 0 Å². The van der Waals surface area contributed by atoms with Crippen LogP contribution < -0.4 is 5.73 Å². The van der Waals surface area contributed by atoms with Crippen molar-refractivity contribution in [1.82, 2.24) is 9.96 Å². The molecule has 1 heterocycles. The van der Waals surface area contributed by atoms with Gasteiger partial charge in [-0.1, -0.05) is 0 Å². The van der Waals surface area contributed by atoms with E-state index in [4.69, 9.17) is 10.3 Å². The van der Waals surface area contributed by atoms with Crippen molar-refractivity contribution in [2.24, 2.45) is 10.7 Å². The predicted molar refractivity (Wildman–Crippen MR) is 70.2 cm³/mol. The molecule has 0 spiro atoms. The Kier molecular flexibility index (Phi) is 6.39. The van der Waals surface area contributed by atoms with Crippen molar-refractivity contribution in [2.45, 2.75) is 26.9 Å². The molecule has 0 bridgehead atoms. The van der Waals surface area contributed by atoms with Crippen LogP contribution >= 0.6 is 0 Å². The van der Waals surface area contributed by atoms with E-state index < -0.39 is 16.6 Å². The molecule has 5 N–H and O–H groups in total. The number of hydrogen-bond acceptors (Lipinski definition) is 7. The Hall–Kier alpha value is -1.20. The molecule has 1 aliphatic rings. The molecule has 0 aromatic rings. The molecule has 0 aromatic heterocycles. The van der Waals surface area contributed by atoms with Crippen LogP contribution in [0.15, 0.2) is 16.9 Å². The van der Waals surface area contributed by atoms with Gasteiger partial charge in [0.15, 0.2) is 0 Å². The van der Waals surface area contributed by atoms with Gasteiger partial charge in [-0.15, -0.1) is 4.28 Å². The summed E-state index contributed by atoms with van der Waals surface area (Å²) in [7, 11) is -4.62. The fraction of sp³-hybridized carbons (Fsp3) is 0.667. The highest BCUT2D eigenvalue weighted by atomic mass is 32.3. The van der Waals surface area contributed by atoms with Gasteiger partial charge in [-0.3, -0.25) is 4.55 Å². The summed E-state index contributed by atoms with van der Waals surface area (Å²) in [6, 6.07) is 0. The van der Waals surface area contributed by atoms with Crippen LogP contribution in [0, 0.1) is 0 Å². The molecule has 0 amide bonds. The first-order valence-electron chi connectivity index (χ1n) is 5.52. The lowest BCUT2D eigenvalue weighted by atomic mass is 10.3. The molecule has 0 fully saturated rings. The van der Waals surface area contributed by atoms with Crippen molar-refractivity contribution < 1.29 is 22.7 Å². The number of rotatable bonds is 5. The smallest absolute Gasteiger partial charge is 0.412 e. The van der Waals surface area contributed by atoms with Gasteiger partial charge in [-0.25, -0.2) is 4.99 Å². The normalized spacial score (nSPS) is 19.4. The van der Waals surface area contributed by atoms with Crippen molar-refractivity contribution in [2.75, 3.05) is 13.1 Å². The second-order valence-electron chi connectivity index (χ2n) is 3.67. The molecular weight excluding hydrogens is 276 g/mol. The summed E-state index contributed by atoms with van der Waals surface area (Å²) in [5.41, 5.74) is 5.76. The highest BCUT2D eigenvalue weighted by Crippen LogP contribution is 2.16. The van der Waals surface area contributed by atoms with E-state index in [1.165, 1.54) is 0 Å². The molecule has 0 aromatic carbocycles. The monoisotopic (exact) mass is 296 g/mol. The number of aliphatic imine (C=N–C) groups is 1. The topological polar surface area (TPSA) is 140 Å². The summed E-state index contributed by atoms with van der Waals surface area (Å²) in [5.74, 6) is 0.907. The first-order valence-corrected chi connectivity index (χ1v) is 6.88. The van der Waals surface area contributed by atoms with E-state index >= 15 is 0 Å². The molecule has 0 radical (unpaired) electrons. The zero-order valence-corrected chi connectivity index (χ0v) is 11.9. The van der Waals surface area contributed by atoms with Gasteiger partial charge in [-0.05, 0) is 26.8 Å². The lowest BCUT2D eigenvalue weighted by Crippen LogP contribution is -2.47. The number of nitrogens with zero attached hydrogens (tertiary/aromatic N) is 3. The van der Waals surface area contributed by atoms with Crippen LogP contribution in [0.2, 0.25) is 0 Å². The first kappa shape index (κ1) is 17.8. The lowest BCUT2D eigenvalue weighted by molar-refractivity contribution is -0.0124. The number of hydroxylamine groups is 2. The maximum atomic E-state index is 10.7. The van der Waals surface area contributed by atoms with E-state index in [-0.39, 0.29) is 11.3 Å². The SMILES string of the molecule is CCN(CC)C1=CC(N)N(OS(=O)(=O)O)C(C)=N1.O. The molecule has 0 aliphatic carbocycles. The average molecular weight is 296 g/mol. The summed E-state index contributed by atoms with van der Waals surface area (Å²) < 4.78 is 34.3. The second kappa shape index (κ2) is 6.82. The largest absolute Gasteiger partial charge is 0.418 e. The Balaban J connectivity index is 0.00000324. The lowest BCUT2D eigenvalue weighted by Gasteiger charge is -2.32. The summed E-state index contributed by atoms with van der Waals surface area (Å²) in [6.45, 7) is 7.00. The van der Waals surface area contributed by atoms with Gasteiger partial charge < -0.3 is 16.1 Å². The van der Waals surface area contributed by atoms with E-state index in [0.717, 1.165) is 18.2 Å². The third kappa shape index (κ3) is 4.76. The van der Waals surface area contributed by atoms with E-state index in [1.54, 1.807) is 13.0 Å². The Morgan fingerprint density at radius 1 is 1.53 bits per heavy atom. The summed E-state index contributed by atoms with van der Waals surface area (Å²) in [4.78, 5) is 6.16. The molecule has 0 saturated heterocycles. The molecule has 112 valence electrons. The highest BCUT2D eigenvalue weighted by molar-refractivity contribution is 7.80. The zero-order chi connectivity index (χ0) is 13.9. The summed E-state index contributed by atoms with van der Waals surface area (Å²) in [6.07, 6.45) is 0.727. The van der Waals surface area contributed by atoms with Crippen LogP contribution in [0.1, 0.15) is 20.8 Å². The van der Waals surface area contributed by atoms with Crippen molar-refractivity contribution in [1.29, 1.82) is 0 Å². The maximum Gasteiger partial charge on any atom is 0.418 e. The minimum absolute atomic E-state index is 0. The highest BCUT2D eigenvalue weighted by Gasteiger charge is 2.26. The van der Waals surface area contributed by atoms with Gasteiger partial charge in [-0.2, -0.15) is 13.5 Å². The van der Waals surface area contributed by atoms with Gasteiger partial charge in [0.25, 0.3) is 0 Å². The van der Waals surface area contributed by atoms with Crippen molar-refractivity contribution >= 4 is 16.2 Å². The molecule has 1 aliphatic heterocycles. The van der Waals surface area contributed by atoms with Gasteiger partial charge >= 0.3 is 10.4 Å². The fourth-order valence-electron chi connectivity index (χ4n) is 1.62. The van der Waals surface area contributed by atoms with E-state index in [0.29, 0.717) is 5.82 Å². The third-order valence-corrected chi connectivity index (χ3v) is 2.80. The van der Waals surface area contributed by atoms with Gasteiger partial charge in [0.2, 0.25) is 0 Å². The van der Waals surface area contributed by atoms with Crippen molar-refractivity contribution in [3.05, 3.63) is 11.9 Å². The Labute approximate surface area is 112 Å². The molecule has 1 rings (SSSR count). The fourth-order valence-corrected chi connectivity index (χ4v) is 2.03. The standard InChI is InChI=1S/C9H18N4O4S.H2O/c1-4-12(5-2)9-6-8(10)13(7(3)11-9)17-18(14,15)16;/h6,8H,4-5,10H2,1-3H3,(H,14,15,16);1H2. The Bertz CT molecular complexity index is 457. The van der Waals surface area contributed by atoms with E-state index in [2.05, 4.69) is 9.28 Å². The maximum absolute atomic E-state index is 10.7.